The number of hydrogen-bond donors (Lipinski definition) is 1. The molecule has 0 bridgehead atoms. The normalized spacial score (nSPS) is 11.8. The Hall–Kier alpha value is -2.42. The molecular formula is C16H15F3N4OS. The van der Waals surface area contributed by atoms with Crippen molar-refractivity contribution >= 4 is 27.1 Å². The van der Waals surface area contributed by atoms with Gasteiger partial charge in [0.1, 0.15) is 0 Å². The number of aromatic nitrogens is 3. The second-order valence-electron chi connectivity index (χ2n) is 5.48. The zero-order valence-corrected chi connectivity index (χ0v) is 14.1. The Morgan fingerprint density at radius 1 is 1.28 bits per heavy atom. The largest absolute Gasteiger partial charge is 0.389 e. The number of anilines is 2. The number of benzene rings is 1. The van der Waals surface area contributed by atoms with Crippen molar-refractivity contribution in [1.82, 2.24) is 14.6 Å². The van der Waals surface area contributed by atoms with Crippen molar-refractivity contribution in [3.05, 3.63) is 51.9 Å². The van der Waals surface area contributed by atoms with Crippen LogP contribution in [0.3, 0.4) is 0 Å². The van der Waals surface area contributed by atoms with E-state index >= 15 is 0 Å². The molecule has 0 saturated heterocycles. The Kier molecular flexibility index (Phi) is 4.76. The Morgan fingerprint density at radius 3 is 2.80 bits per heavy atom. The first-order valence-corrected chi connectivity index (χ1v) is 8.48. The molecule has 25 heavy (non-hydrogen) atoms. The van der Waals surface area contributed by atoms with Crippen LogP contribution >= 0.6 is 11.3 Å². The van der Waals surface area contributed by atoms with E-state index < -0.39 is 12.6 Å². The van der Waals surface area contributed by atoms with Gasteiger partial charge in [-0.25, -0.2) is 4.98 Å². The number of rotatable bonds is 5. The van der Waals surface area contributed by atoms with Crippen molar-refractivity contribution in [2.75, 3.05) is 5.32 Å². The minimum absolute atomic E-state index is 0.0836. The summed E-state index contributed by atoms with van der Waals surface area (Å²) in [5.74, 6) is 0. The maximum absolute atomic E-state index is 12.3. The average molecular weight is 368 g/mol. The third kappa shape index (κ3) is 4.36. The smallest absolute Gasteiger partial charge is 0.330 e. The lowest BCUT2D eigenvalue weighted by Crippen LogP contribution is -2.15. The summed E-state index contributed by atoms with van der Waals surface area (Å²) in [5, 5.41) is 7.64. The first-order chi connectivity index (χ1) is 11.8. The Morgan fingerprint density at radius 2 is 2.08 bits per heavy atom. The molecule has 132 valence electrons. The van der Waals surface area contributed by atoms with Gasteiger partial charge in [-0.3, -0.25) is 4.79 Å². The highest BCUT2D eigenvalue weighted by Gasteiger charge is 2.26. The summed E-state index contributed by atoms with van der Waals surface area (Å²) in [5.41, 5.74) is 1.62. The molecule has 0 amide bonds. The number of alkyl halides is 3. The summed E-state index contributed by atoms with van der Waals surface area (Å²) in [7, 11) is 0. The van der Waals surface area contributed by atoms with E-state index in [4.69, 9.17) is 0 Å². The molecule has 0 aliphatic heterocycles. The van der Waals surface area contributed by atoms with Gasteiger partial charge < -0.3 is 5.32 Å². The molecule has 0 saturated carbocycles. The van der Waals surface area contributed by atoms with Gasteiger partial charge in [-0.1, -0.05) is 30.4 Å². The quantitative estimate of drug-likeness (QED) is 0.741. The Labute approximate surface area is 145 Å². The van der Waals surface area contributed by atoms with E-state index in [0.29, 0.717) is 33.5 Å². The summed E-state index contributed by atoms with van der Waals surface area (Å²) >= 11 is 1.21. The van der Waals surface area contributed by atoms with E-state index in [1.807, 2.05) is 6.92 Å². The molecule has 0 spiro atoms. The summed E-state index contributed by atoms with van der Waals surface area (Å²) in [4.78, 5) is 16.8. The highest BCUT2D eigenvalue weighted by molar-refractivity contribution is 7.20. The van der Waals surface area contributed by atoms with E-state index in [0.717, 1.165) is 0 Å². The van der Waals surface area contributed by atoms with Crippen LogP contribution in [0, 0.1) is 0 Å². The predicted molar refractivity (Wildman–Crippen MR) is 90.6 cm³/mol. The highest BCUT2D eigenvalue weighted by Crippen LogP contribution is 2.25. The molecule has 9 heteroatoms. The van der Waals surface area contributed by atoms with Gasteiger partial charge in [0.05, 0.1) is 0 Å². The van der Waals surface area contributed by atoms with Gasteiger partial charge in [-0.15, -0.1) is 5.10 Å². The van der Waals surface area contributed by atoms with E-state index in [1.165, 1.54) is 21.9 Å². The molecule has 2 aromatic heterocycles. The molecule has 3 aromatic rings. The number of halogens is 3. The van der Waals surface area contributed by atoms with Gasteiger partial charge in [-0.05, 0) is 30.5 Å². The minimum Gasteiger partial charge on any atom is -0.330 e. The number of nitrogens with zero attached hydrogens (tertiary/aromatic N) is 3. The van der Waals surface area contributed by atoms with Crippen molar-refractivity contribution in [3.63, 3.8) is 0 Å². The first kappa shape index (κ1) is 17.4. The van der Waals surface area contributed by atoms with Crippen LogP contribution in [0.5, 0.6) is 0 Å². The molecule has 3 rings (SSSR count). The third-order valence-electron chi connectivity index (χ3n) is 3.54. The van der Waals surface area contributed by atoms with Crippen LogP contribution in [0.25, 0.3) is 4.96 Å². The standard InChI is InChI=1S/C16H15F3N4OS/c1-2-11-9-13(24)23-15(21-11)25-14(22-23)20-12-5-3-4-10(8-12)6-7-16(17,18)19/h3-5,8-9H,2,6-7H2,1H3,(H,20,22). The molecule has 1 N–H and O–H groups in total. The molecule has 1 aromatic carbocycles. The maximum Gasteiger partial charge on any atom is 0.389 e. The molecule has 5 nitrogen and oxygen atoms in total. The second kappa shape index (κ2) is 6.83. The number of nitrogens with one attached hydrogen (secondary N) is 1. The zero-order valence-electron chi connectivity index (χ0n) is 13.3. The van der Waals surface area contributed by atoms with Gasteiger partial charge in [0.2, 0.25) is 10.1 Å². The number of fused-ring (bicyclic) bond motifs is 1. The van der Waals surface area contributed by atoms with Crippen LogP contribution in [0.15, 0.2) is 35.1 Å². The Bertz CT molecular complexity index is 948. The number of hydrogen-bond acceptors (Lipinski definition) is 5. The summed E-state index contributed by atoms with van der Waals surface area (Å²) in [6.45, 7) is 1.91. The second-order valence-corrected chi connectivity index (χ2v) is 6.44. The molecule has 0 atom stereocenters. The van der Waals surface area contributed by atoms with Crippen molar-refractivity contribution in [2.24, 2.45) is 0 Å². The lowest BCUT2D eigenvalue weighted by Gasteiger charge is -2.08. The topological polar surface area (TPSA) is 59.3 Å². The fraction of sp³-hybridized carbons (Fsp3) is 0.312. The minimum atomic E-state index is -4.18. The molecular weight excluding hydrogens is 353 g/mol. The fourth-order valence-electron chi connectivity index (χ4n) is 2.30. The molecule has 0 unspecified atom stereocenters. The van der Waals surface area contributed by atoms with Crippen molar-refractivity contribution < 1.29 is 13.2 Å². The third-order valence-corrected chi connectivity index (χ3v) is 4.36. The average Bonchev–Trinajstić information content (AvgIpc) is 2.95. The van der Waals surface area contributed by atoms with Crippen LogP contribution in [-0.2, 0) is 12.8 Å². The van der Waals surface area contributed by atoms with Crippen molar-refractivity contribution in [2.45, 2.75) is 32.4 Å². The van der Waals surface area contributed by atoms with Crippen molar-refractivity contribution in [3.8, 4) is 0 Å². The van der Waals surface area contributed by atoms with E-state index in [1.54, 1.807) is 24.3 Å². The van der Waals surface area contributed by atoms with E-state index in [9.17, 15) is 18.0 Å². The number of aryl methyl sites for hydroxylation is 2. The van der Waals surface area contributed by atoms with Crippen LogP contribution in [0.4, 0.5) is 24.0 Å². The van der Waals surface area contributed by atoms with Crippen molar-refractivity contribution in [1.29, 1.82) is 0 Å². The monoisotopic (exact) mass is 368 g/mol. The van der Waals surface area contributed by atoms with Crippen LogP contribution in [0.1, 0.15) is 24.6 Å². The maximum atomic E-state index is 12.3. The zero-order chi connectivity index (χ0) is 18.0. The molecule has 0 aliphatic carbocycles. The van der Waals surface area contributed by atoms with E-state index in [2.05, 4.69) is 15.4 Å². The van der Waals surface area contributed by atoms with Gasteiger partial charge >= 0.3 is 6.18 Å². The molecule has 0 fully saturated rings. The summed E-state index contributed by atoms with van der Waals surface area (Å²) in [6.07, 6.45) is -4.48. The predicted octanol–water partition coefficient (Wildman–Crippen LogP) is 3.95. The van der Waals surface area contributed by atoms with Crippen LogP contribution in [0.2, 0.25) is 0 Å². The fourth-order valence-corrected chi connectivity index (χ4v) is 3.15. The SMILES string of the molecule is CCc1cc(=O)n2nc(Nc3cccc(CCC(F)(F)F)c3)sc2n1. The van der Waals surface area contributed by atoms with Gasteiger partial charge in [-0.2, -0.15) is 17.7 Å². The lowest BCUT2D eigenvalue weighted by molar-refractivity contribution is -0.133. The first-order valence-electron chi connectivity index (χ1n) is 7.66. The van der Waals surface area contributed by atoms with Gasteiger partial charge in [0.25, 0.3) is 5.56 Å². The van der Waals surface area contributed by atoms with Crippen LogP contribution < -0.4 is 10.9 Å². The van der Waals surface area contributed by atoms with Gasteiger partial charge in [0.15, 0.2) is 0 Å². The highest BCUT2D eigenvalue weighted by atomic mass is 32.1. The Balaban J connectivity index is 1.81. The van der Waals surface area contributed by atoms with Gasteiger partial charge in [0, 0.05) is 23.9 Å². The van der Waals surface area contributed by atoms with E-state index in [-0.39, 0.29) is 12.0 Å². The molecule has 0 radical (unpaired) electrons. The molecule has 2 heterocycles. The summed E-state index contributed by atoms with van der Waals surface area (Å²) < 4.78 is 38.2. The molecule has 0 aliphatic rings. The lowest BCUT2D eigenvalue weighted by atomic mass is 10.1. The summed E-state index contributed by atoms with van der Waals surface area (Å²) in [6, 6.07) is 8.15. The van der Waals surface area contributed by atoms with Crippen LogP contribution in [-0.4, -0.2) is 20.8 Å².